The third kappa shape index (κ3) is 3.26. The van der Waals surface area contributed by atoms with E-state index in [1.807, 2.05) is 18.3 Å². The third-order valence-corrected chi connectivity index (χ3v) is 6.10. The molecule has 3 aromatic rings. The van der Waals surface area contributed by atoms with Gasteiger partial charge in [0, 0.05) is 40.5 Å². The van der Waals surface area contributed by atoms with E-state index in [1.165, 1.54) is 25.0 Å². The lowest BCUT2D eigenvalue weighted by Gasteiger charge is -2.39. The number of aromatic nitrogens is 2. The van der Waals surface area contributed by atoms with Gasteiger partial charge in [-0.2, -0.15) is 0 Å². The van der Waals surface area contributed by atoms with Crippen molar-refractivity contribution in [2.24, 2.45) is 0 Å². The molecule has 1 aliphatic heterocycles. The largest absolute Gasteiger partial charge is 0.398 e. The van der Waals surface area contributed by atoms with Crippen molar-refractivity contribution in [1.29, 1.82) is 0 Å². The molecule has 0 radical (unpaired) electrons. The maximum Gasteiger partial charge on any atom is 0.137 e. The Hall–Kier alpha value is -1.85. The number of likely N-dealkylation sites (tertiary alicyclic amines) is 1. The maximum atomic E-state index is 6.08. The highest BCUT2D eigenvalue weighted by Crippen LogP contribution is 2.31. The summed E-state index contributed by atoms with van der Waals surface area (Å²) in [4.78, 5) is 7.54. The van der Waals surface area contributed by atoms with Crippen LogP contribution >= 0.6 is 15.9 Å². The molecule has 2 unspecified atom stereocenters. The molecule has 1 aliphatic rings. The number of hydrogen-bond donors (Lipinski definition) is 1. The predicted octanol–water partition coefficient (Wildman–Crippen LogP) is 5.11. The minimum absolute atomic E-state index is 0.586. The minimum atomic E-state index is 0.586. The normalized spacial score (nSPS) is 21.3. The van der Waals surface area contributed by atoms with Gasteiger partial charge in [-0.15, -0.1) is 0 Å². The lowest BCUT2D eigenvalue weighted by molar-refractivity contribution is 0.0937. The van der Waals surface area contributed by atoms with Crippen molar-refractivity contribution in [3.8, 4) is 11.3 Å². The molecule has 1 fully saturated rings. The molecule has 5 heteroatoms. The number of nitrogen functional groups attached to an aromatic ring is 1. The second-order valence-corrected chi connectivity index (χ2v) is 8.32. The van der Waals surface area contributed by atoms with E-state index in [2.05, 4.69) is 63.3 Å². The van der Waals surface area contributed by atoms with Crippen LogP contribution in [-0.2, 0) is 6.54 Å². The lowest BCUT2D eigenvalue weighted by Crippen LogP contribution is -2.43. The number of benzene rings is 1. The fraction of sp³-hybridized carbons (Fsp3) is 0.381. The van der Waals surface area contributed by atoms with Gasteiger partial charge in [-0.3, -0.25) is 4.90 Å². The van der Waals surface area contributed by atoms with Crippen molar-refractivity contribution >= 4 is 27.3 Å². The topological polar surface area (TPSA) is 46.6 Å². The Morgan fingerprint density at radius 3 is 2.46 bits per heavy atom. The molecule has 0 saturated carbocycles. The Morgan fingerprint density at radius 1 is 1.08 bits per heavy atom. The first-order valence-corrected chi connectivity index (χ1v) is 10.1. The number of fused-ring (bicyclic) bond motifs is 1. The summed E-state index contributed by atoms with van der Waals surface area (Å²) in [5.41, 5.74) is 11.2. The lowest BCUT2D eigenvalue weighted by atomic mass is 9.97. The van der Waals surface area contributed by atoms with Crippen molar-refractivity contribution in [1.82, 2.24) is 14.3 Å². The van der Waals surface area contributed by atoms with Crippen molar-refractivity contribution in [2.45, 2.75) is 51.7 Å². The molecule has 0 spiro atoms. The van der Waals surface area contributed by atoms with Crippen molar-refractivity contribution in [3.63, 3.8) is 0 Å². The van der Waals surface area contributed by atoms with Crippen LogP contribution in [0, 0.1) is 0 Å². The number of anilines is 1. The van der Waals surface area contributed by atoms with Gasteiger partial charge < -0.3 is 10.1 Å². The van der Waals surface area contributed by atoms with Gasteiger partial charge in [0.15, 0.2) is 0 Å². The molecule has 1 saturated heterocycles. The average Bonchev–Trinajstić information content (AvgIpc) is 2.96. The first kappa shape index (κ1) is 17.6. The fourth-order valence-corrected chi connectivity index (χ4v) is 4.32. The number of nitrogens with zero attached hydrogens (tertiary/aromatic N) is 3. The zero-order chi connectivity index (χ0) is 18.3. The molecular weight excluding hydrogens is 388 g/mol. The van der Waals surface area contributed by atoms with Gasteiger partial charge >= 0.3 is 0 Å². The van der Waals surface area contributed by atoms with Crippen LogP contribution in [0.1, 0.15) is 38.8 Å². The molecule has 3 heterocycles. The summed E-state index contributed by atoms with van der Waals surface area (Å²) < 4.78 is 3.25. The molecule has 2 aromatic heterocycles. The van der Waals surface area contributed by atoms with Crippen LogP contribution in [0.3, 0.4) is 0 Å². The van der Waals surface area contributed by atoms with Gasteiger partial charge in [0.25, 0.3) is 0 Å². The van der Waals surface area contributed by atoms with E-state index in [0.717, 1.165) is 33.6 Å². The number of pyridine rings is 1. The third-order valence-electron chi connectivity index (χ3n) is 5.57. The smallest absolute Gasteiger partial charge is 0.137 e. The van der Waals surface area contributed by atoms with E-state index in [-0.39, 0.29) is 0 Å². The molecular formula is C21H25BrN4. The Morgan fingerprint density at radius 2 is 1.77 bits per heavy atom. The van der Waals surface area contributed by atoms with Crippen LogP contribution in [0.25, 0.3) is 16.9 Å². The molecule has 0 amide bonds. The first-order chi connectivity index (χ1) is 12.5. The second kappa shape index (κ2) is 7.05. The van der Waals surface area contributed by atoms with Gasteiger partial charge in [0.05, 0.1) is 11.4 Å². The number of imidazole rings is 1. The summed E-state index contributed by atoms with van der Waals surface area (Å²) in [5, 5.41) is 0. The Balaban J connectivity index is 1.83. The number of nitrogens with two attached hydrogens (primary N) is 1. The van der Waals surface area contributed by atoms with E-state index in [0.29, 0.717) is 12.1 Å². The van der Waals surface area contributed by atoms with Crippen molar-refractivity contribution in [3.05, 3.63) is 52.8 Å². The van der Waals surface area contributed by atoms with Crippen LogP contribution in [0.2, 0.25) is 0 Å². The van der Waals surface area contributed by atoms with Gasteiger partial charge in [-0.25, -0.2) is 4.98 Å². The number of piperidine rings is 1. The van der Waals surface area contributed by atoms with Gasteiger partial charge in [-0.1, -0.05) is 34.5 Å². The average molecular weight is 413 g/mol. The maximum absolute atomic E-state index is 6.08. The predicted molar refractivity (Wildman–Crippen MR) is 111 cm³/mol. The number of hydrogen-bond acceptors (Lipinski definition) is 3. The minimum Gasteiger partial charge on any atom is -0.398 e. The monoisotopic (exact) mass is 412 g/mol. The summed E-state index contributed by atoms with van der Waals surface area (Å²) in [6.45, 7) is 5.57. The Kier molecular flexibility index (Phi) is 4.76. The van der Waals surface area contributed by atoms with E-state index in [9.17, 15) is 0 Å². The van der Waals surface area contributed by atoms with E-state index in [4.69, 9.17) is 10.7 Å². The molecule has 1 aromatic carbocycles. The van der Waals surface area contributed by atoms with E-state index < -0.39 is 0 Å². The zero-order valence-electron chi connectivity index (χ0n) is 15.3. The first-order valence-electron chi connectivity index (χ1n) is 9.31. The van der Waals surface area contributed by atoms with Gasteiger partial charge in [-0.05, 0) is 51.0 Å². The van der Waals surface area contributed by atoms with E-state index >= 15 is 0 Å². The summed E-state index contributed by atoms with van der Waals surface area (Å²) in [7, 11) is 0. The van der Waals surface area contributed by atoms with Crippen LogP contribution in [0.5, 0.6) is 0 Å². The molecule has 0 aliphatic carbocycles. The fourth-order valence-electron chi connectivity index (χ4n) is 4.06. The highest BCUT2D eigenvalue weighted by Gasteiger charge is 2.27. The summed E-state index contributed by atoms with van der Waals surface area (Å²) in [6.07, 6.45) is 5.84. The van der Waals surface area contributed by atoms with Crippen molar-refractivity contribution in [2.75, 3.05) is 5.73 Å². The van der Waals surface area contributed by atoms with Crippen molar-refractivity contribution < 1.29 is 0 Å². The highest BCUT2D eigenvalue weighted by molar-refractivity contribution is 9.10. The van der Waals surface area contributed by atoms with Gasteiger partial charge in [0.2, 0.25) is 0 Å². The van der Waals surface area contributed by atoms with Crippen LogP contribution < -0.4 is 5.73 Å². The Labute approximate surface area is 163 Å². The summed E-state index contributed by atoms with van der Waals surface area (Å²) >= 11 is 3.53. The van der Waals surface area contributed by atoms with Gasteiger partial charge in [0.1, 0.15) is 5.65 Å². The van der Waals surface area contributed by atoms with Crippen LogP contribution in [0.4, 0.5) is 5.69 Å². The zero-order valence-corrected chi connectivity index (χ0v) is 16.9. The molecule has 0 bridgehead atoms. The molecule has 136 valence electrons. The standard InChI is InChI=1S/C21H25BrN4/c1-14-4-3-5-15(2)25(14)13-19-21(16-6-8-17(22)9-7-16)24-20-11-10-18(23)12-26(19)20/h6-12,14-15H,3-5,13,23H2,1-2H3. The van der Waals surface area contributed by atoms with Crippen LogP contribution in [0.15, 0.2) is 47.1 Å². The summed E-state index contributed by atoms with van der Waals surface area (Å²) in [6, 6.07) is 13.5. The highest BCUT2D eigenvalue weighted by atomic mass is 79.9. The molecule has 2 N–H and O–H groups in total. The van der Waals surface area contributed by atoms with Crippen LogP contribution in [-0.4, -0.2) is 26.4 Å². The SMILES string of the molecule is CC1CCCC(C)N1Cc1c(-c2ccc(Br)cc2)nc2ccc(N)cn12. The number of rotatable bonds is 3. The molecule has 2 atom stereocenters. The molecule has 4 rings (SSSR count). The Bertz CT molecular complexity index is 906. The quantitative estimate of drug-likeness (QED) is 0.649. The van der Waals surface area contributed by atoms with E-state index in [1.54, 1.807) is 0 Å². The number of halogens is 1. The summed E-state index contributed by atoms with van der Waals surface area (Å²) in [5.74, 6) is 0. The molecule has 4 nitrogen and oxygen atoms in total. The second-order valence-electron chi connectivity index (χ2n) is 7.41. The molecule has 26 heavy (non-hydrogen) atoms.